The van der Waals surface area contributed by atoms with Gasteiger partial charge in [-0.05, 0) is 124 Å². The van der Waals surface area contributed by atoms with Crippen LogP contribution in [0.15, 0.2) is 123 Å². The molecule has 0 amide bonds. The lowest BCUT2D eigenvalue weighted by Crippen LogP contribution is -2.13. The van der Waals surface area contributed by atoms with Crippen molar-refractivity contribution < 1.29 is 45.6 Å². The molecule has 0 fully saturated rings. The van der Waals surface area contributed by atoms with Gasteiger partial charge in [0.1, 0.15) is 22.1 Å². The third-order valence-corrected chi connectivity index (χ3v) is 14.3. The number of aromatic carboxylic acids is 2. The molecule has 0 saturated heterocycles. The smallest absolute Gasteiger partial charge is 0.335 e. The zero-order valence-corrected chi connectivity index (χ0v) is 40.9. The second-order valence-electron chi connectivity index (χ2n) is 17.2. The summed E-state index contributed by atoms with van der Waals surface area (Å²) in [7, 11) is -8.14. The number of nitrogens with zero attached hydrogens (tertiary/aromatic N) is 4. The van der Waals surface area contributed by atoms with Gasteiger partial charge in [-0.25, -0.2) is 23.0 Å². The number of hydrogen-bond donors (Lipinski definition) is 6. The first-order valence-corrected chi connectivity index (χ1v) is 25.6. The lowest BCUT2D eigenvalue weighted by molar-refractivity contribution is 0.0696. The molecule has 0 bridgehead atoms. The third kappa shape index (κ3) is 11.6. The Morgan fingerprint density at radius 1 is 0.662 bits per heavy atom. The van der Waals surface area contributed by atoms with Gasteiger partial charge in [-0.15, -0.1) is 0 Å². The minimum atomic E-state index is -4.62. The minimum absolute atomic E-state index is 0.0559. The Bertz CT molecular complexity index is 3610. The van der Waals surface area contributed by atoms with Crippen LogP contribution in [0.5, 0.6) is 0 Å². The van der Waals surface area contributed by atoms with Crippen molar-refractivity contribution >= 4 is 77.5 Å². The SMILES string of the molecule is Cc1nc(NCCCCS(=O)(=O)Cc2cc(C)c(N=c3ccc4c(-c5ccccc5S(=O)(=O)O)c5ccc(Nc6c(C)cccc6C)cc5oc-4c3)c(C)c2)nc(Nc2cc(C(=O)O)cc(C(=O)O)c2)n1. The predicted molar refractivity (Wildman–Crippen MR) is 272 cm³/mol. The molecule has 19 heteroatoms. The number of anilines is 5. The van der Waals surface area contributed by atoms with E-state index in [9.17, 15) is 41.2 Å². The van der Waals surface area contributed by atoms with Crippen LogP contribution in [0.4, 0.5) is 34.6 Å². The number of carboxylic acid groups (broad SMARTS) is 2. The molecule has 8 rings (SSSR count). The van der Waals surface area contributed by atoms with E-state index >= 15 is 0 Å². The van der Waals surface area contributed by atoms with Crippen LogP contribution in [-0.2, 0) is 25.7 Å². The monoisotopic (exact) mass is 995 g/mol. The fraction of sp³-hybridized carbons (Fsp3) is 0.192. The summed E-state index contributed by atoms with van der Waals surface area (Å²) in [4.78, 5) is 40.6. The second-order valence-corrected chi connectivity index (χ2v) is 20.8. The normalized spacial score (nSPS) is 12.1. The standard InChI is InChI=1S/C52H49N7O10S2/c1-29-11-10-12-30(2)47(29)56-37-15-17-40-43(26-37)69-44-27-38(16-18-41(44)46(40)42-13-6-7-14-45(42)71(66,67)68)57-48-31(3)21-34(22-32(48)4)28-70(64,65)20-9-8-19-53-51-54-33(5)55-52(59-51)58-39-24-35(49(60)61)23-36(25-39)50(62)63/h6-7,10-18,21-27,56H,8-9,19-20,28H2,1-5H3,(H,60,61)(H,62,63)(H,66,67,68)(H2,53,54,55,58,59). The van der Waals surface area contributed by atoms with Crippen LogP contribution in [0, 0.1) is 34.6 Å². The Morgan fingerprint density at radius 2 is 1.34 bits per heavy atom. The van der Waals surface area contributed by atoms with Crippen molar-refractivity contribution in [3.8, 4) is 22.5 Å². The highest BCUT2D eigenvalue weighted by molar-refractivity contribution is 7.90. The summed E-state index contributed by atoms with van der Waals surface area (Å²) in [6.07, 6.45) is 0.824. The van der Waals surface area contributed by atoms with Gasteiger partial charge in [-0.1, -0.05) is 48.5 Å². The van der Waals surface area contributed by atoms with Crippen molar-refractivity contribution in [1.29, 1.82) is 0 Å². The molecule has 0 unspecified atom stereocenters. The topological polar surface area (TPSA) is 263 Å². The van der Waals surface area contributed by atoms with E-state index in [1.54, 1.807) is 37.3 Å². The van der Waals surface area contributed by atoms with Gasteiger partial charge in [0.15, 0.2) is 9.84 Å². The number of hydrogen-bond acceptors (Lipinski definition) is 14. The van der Waals surface area contributed by atoms with E-state index < -0.39 is 31.9 Å². The maximum Gasteiger partial charge on any atom is 0.335 e. The average Bonchev–Trinajstić information content (AvgIpc) is 3.29. The summed E-state index contributed by atoms with van der Waals surface area (Å²) < 4.78 is 69.0. The van der Waals surface area contributed by atoms with Crippen molar-refractivity contribution in [2.24, 2.45) is 4.99 Å². The van der Waals surface area contributed by atoms with Gasteiger partial charge >= 0.3 is 11.9 Å². The third-order valence-electron chi connectivity index (χ3n) is 11.7. The molecule has 2 aliphatic rings. The number of sulfone groups is 1. The molecule has 0 atom stereocenters. The second kappa shape index (κ2) is 20.2. The molecule has 5 aromatic carbocycles. The molecule has 1 aliphatic heterocycles. The number of carboxylic acids is 2. The molecule has 6 aromatic rings. The molecule has 1 aliphatic carbocycles. The molecule has 2 heterocycles. The summed E-state index contributed by atoms with van der Waals surface area (Å²) in [5.41, 5.74) is 8.24. The highest BCUT2D eigenvalue weighted by Crippen LogP contribution is 2.43. The Morgan fingerprint density at radius 3 is 2.01 bits per heavy atom. The van der Waals surface area contributed by atoms with Crippen LogP contribution in [0.1, 0.15) is 67.2 Å². The van der Waals surface area contributed by atoms with Crippen molar-refractivity contribution in [3.63, 3.8) is 0 Å². The molecule has 0 saturated carbocycles. The van der Waals surface area contributed by atoms with E-state index in [-0.39, 0.29) is 45.1 Å². The lowest BCUT2D eigenvalue weighted by Gasteiger charge is -2.18. The average molecular weight is 996 g/mol. The Labute approximate surface area is 409 Å². The van der Waals surface area contributed by atoms with Crippen molar-refractivity contribution in [2.45, 2.75) is 58.1 Å². The predicted octanol–water partition coefficient (Wildman–Crippen LogP) is 10.1. The summed E-state index contributed by atoms with van der Waals surface area (Å²) in [6, 6.07) is 30.5. The molecule has 0 radical (unpaired) electrons. The maximum atomic E-state index is 13.4. The molecule has 17 nitrogen and oxygen atoms in total. The number of rotatable bonds is 17. The Hall–Kier alpha value is -8.00. The van der Waals surface area contributed by atoms with Crippen LogP contribution in [0.3, 0.4) is 0 Å². The molecular formula is C52H49N7O10S2. The number of fused-ring (bicyclic) bond motifs is 2. The number of aromatic nitrogens is 3. The van der Waals surface area contributed by atoms with E-state index in [0.717, 1.165) is 39.7 Å². The Kier molecular flexibility index (Phi) is 14.0. The zero-order chi connectivity index (χ0) is 50.8. The number of carbonyl (C=O) groups is 2. The van der Waals surface area contributed by atoms with Gasteiger partial charge in [-0.3, -0.25) is 4.55 Å². The zero-order valence-electron chi connectivity index (χ0n) is 39.2. The van der Waals surface area contributed by atoms with Crippen LogP contribution in [0.2, 0.25) is 0 Å². The first kappa shape index (κ1) is 49.4. The fourth-order valence-electron chi connectivity index (χ4n) is 8.47. The molecule has 1 aromatic heterocycles. The fourth-order valence-corrected chi connectivity index (χ4v) is 10.6. The quantitative estimate of drug-likeness (QED) is 0.0281. The number of benzene rings is 6. The number of aryl methyl sites for hydroxylation is 5. The maximum absolute atomic E-state index is 13.4. The molecular weight excluding hydrogens is 947 g/mol. The lowest BCUT2D eigenvalue weighted by atomic mass is 9.93. The van der Waals surface area contributed by atoms with Crippen LogP contribution in [-0.4, -0.2) is 70.8 Å². The summed E-state index contributed by atoms with van der Waals surface area (Å²) in [5.74, 6) is -1.84. The highest BCUT2D eigenvalue weighted by atomic mass is 32.2. The Balaban J connectivity index is 0.987. The largest absolute Gasteiger partial charge is 0.478 e. The highest BCUT2D eigenvalue weighted by Gasteiger charge is 2.24. The molecule has 6 N–H and O–H groups in total. The van der Waals surface area contributed by atoms with Gasteiger partial charge in [0.05, 0.1) is 33.7 Å². The van der Waals surface area contributed by atoms with Gasteiger partial charge in [-0.2, -0.15) is 23.4 Å². The first-order chi connectivity index (χ1) is 33.7. The minimum Gasteiger partial charge on any atom is -0.478 e. The molecule has 364 valence electrons. The van der Waals surface area contributed by atoms with E-state index in [1.807, 2.05) is 82.3 Å². The van der Waals surface area contributed by atoms with Crippen LogP contribution in [0.25, 0.3) is 33.4 Å². The van der Waals surface area contributed by atoms with Crippen LogP contribution < -0.4 is 21.3 Å². The van der Waals surface area contributed by atoms with Crippen molar-refractivity contribution in [2.75, 3.05) is 28.2 Å². The number of para-hydroxylation sites is 1. The van der Waals surface area contributed by atoms with E-state index in [2.05, 4.69) is 30.9 Å². The summed E-state index contributed by atoms with van der Waals surface area (Å²) in [6.45, 7) is 9.74. The van der Waals surface area contributed by atoms with Crippen molar-refractivity contribution in [3.05, 3.63) is 159 Å². The molecule has 0 spiro atoms. The van der Waals surface area contributed by atoms with E-state index in [0.29, 0.717) is 75.2 Å². The van der Waals surface area contributed by atoms with Crippen molar-refractivity contribution in [1.82, 2.24) is 15.0 Å². The van der Waals surface area contributed by atoms with E-state index in [1.165, 1.54) is 18.2 Å². The van der Waals surface area contributed by atoms with Gasteiger partial charge in [0.25, 0.3) is 10.1 Å². The summed E-state index contributed by atoms with van der Waals surface area (Å²) in [5, 5.41) is 29.4. The number of unbranched alkanes of at least 4 members (excludes halogenated alkanes) is 1. The first-order valence-electron chi connectivity index (χ1n) is 22.3. The number of nitrogens with one attached hydrogen (secondary N) is 3. The van der Waals surface area contributed by atoms with Gasteiger partial charge < -0.3 is 30.6 Å². The van der Waals surface area contributed by atoms with E-state index in [4.69, 9.17) is 9.41 Å². The molecule has 71 heavy (non-hydrogen) atoms. The van der Waals surface area contributed by atoms with Gasteiger partial charge in [0.2, 0.25) is 11.9 Å². The van der Waals surface area contributed by atoms with Crippen LogP contribution >= 0.6 is 0 Å². The van der Waals surface area contributed by atoms with Gasteiger partial charge in [0, 0.05) is 57.8 Å². The summed E-state index contributed by atoms with van der Waals surface area (Å²) >= 11 is 0.